The molecule has 0 unspecified atom stereocenters. The van der Waals surface area contributed by atoms with Gasteiger partial charge in [-0.25, -0.2) is 15.0 Å². The van der Waals surface area contributed by atoms with Crippen LogP contribution in [0.25, 0.3) is 132 Å². The summed E-state index contributed by atoms with van der Waals surface area (Å²) < 4.78 is 0. The highest BCUT2D eigenvalue weighted by Gasteiger charge is 2.14. The largest absolute Gasteiger partial charge is 0.254 e. The van der Waals surface area contributed by atoms with E-state index >= 15 is 0 Å². The first-order valence-electron chi connectivity index (χ1n) is 20.3. The summed E-state index contributed by atoms with van der Waals surface area (Å²) in [5.74, 6) is 0. The molecule has 0 spiro atoms. The molecule has 276 valence electrons. The molecule has 4 heteroatoms. The zero-order valence-corrected chi connectivity index (χ0v) is 32.3. The van der Waals surface area contributed by atoms with Gasteiger partial charge in [-0.05, 0) is 103 Å². The number of rotatable bonds is 4. The lowest BCUT2D eigenvalue weighted by atomic mass is 9.91. The number of benzene rings is 9. The fourth-order valence-electron chi connectivity index (χ4n) is 9.31. The van der Waals surface area contributed by atoms with Crippen LogP contribution in [0.3, 0.4) is 0 Å². The van der Waals surface area contributed by atoms with Crippen LogP contribution in [0.4, 0.5) is 0 Å². The zero-order valence-electron chi connectivity index (χ0n) is 32.3. The van der Waals surface area contributed by atoms with E-state index < -0.39 is 0 Å². The summed E-state index contributed by atoms with van der Waals surface area (Å²) >= 11 is 0. The second kappa shape index (κ2) is 12.7. The maximum absolute atomic E-state index is 5.28. The summed E-state index contributed by atoms with van der Waals surface area (Å²) in [5.41, 5.74) is 12.2. The molecule has 0 amide bonds. The van der Waals surface area contributed by atoms with Gasteiger partial charge in [0.1, 0.15) is 0 Å². The van der Waals surface area contributed by atoms with E-state index in [9.17, 15) is 0 Å². The number of hydrogen-bond acceptors (Lipinski definition) is 4. The second-order valence-corrected chi connectivity index (χ2v) is 15.9. The Kier molecular flexibility index (Phi) is 6.98. The Morgan fingerprint density at radius 1 is 0.283 bits per heavy atom. The lowest BCUT2D eigenvalue weighted by Gasteiger charge is -2.14. The van der Waals surface area contributed by atoms with Crippen LogP contribution in [0.15, 0.2) is 194 Å². The fourth-order valence-corrected chi connectivity index (χ4v) is 9.31. The van der Waals surface area contributed by atoms with E-state index in [1.807, 2.05) is 12.3 Å². The number of pyridine rings is 4. The van der Waals surface area contributed by atoms with Crippen molar-refractivity contribution in [1.82, 2.24) is 19.9 Å². The Bertz CT molecular complexity index is 3890. The zero-order chi connectivity index (χ0) is 39.3. The van der Waals surface area contributed by atoms with Crippen molar-refractivity contribution >= 4 is 86.7 Å². The van der Waals surface area contributed by atoms with E-state index in [4.69, 9.17) is 15.0 Å². The fraction of sp³-hybridized carbons (Fsp3) is 0. The average Bonchev–Trinajstić information content (AvgIpc) is 3.32. The molecule has 0 fully saturated rings. The van der Waals surface area contributed by atoms with E-state index in [0.717, 1.165) is 99.3 Å². The highest BCUT2D eigenvalue weighted by molar-refractivity contribution is 6.25. The SMILES string of the molecule is c1cnc2c(c1)ccc1ccc(-c3ccc4cc(-c5ccc6ccc(-c7ccc8ccc(-c9ccc%10ccc%11cccc%12ccc9c%10c%11%12)nc8c7)cc6n5)ccc4c3)nc12. The Morgan fingerprint density at radius 2 is 0.767 bits per heavy atom. The van der Waals surface area contributed by atoms with Gasteiger partial charge in [-0.1, -0.05) is 140 Å². The molecule has 0 radical (unpaired) electrons. The van der Waals surface area contributed by atoms with E-state index in [0.29, 0.717) is 0 Å². The molecule has 0 aliphatic rings. The van der Waals surface area contributed by atoms with Gasteiger partial charge in [0.15, 0.2) is 0 Å². The molecule has 0 N–H and O–H groups in total. The van der Waals surface area contributed by atoms with Gasteiger partial charge in [-0.3, -0.25) is 4.98 Å². The molecule has 0 atom stereocenters. The van der Waals surface area contributed by atoms with Crippen molar-refractivity contribution in [2.45, 2.75) is 0 Å². The molecule has 4 heterocycles. The van der Waals surface area contributed by atoms with Crippen LogP contribution in [0.2, 0.25) is 0 Å². The number of aromatic nitrogens is 4. The summed E-state index contributed by atoms with van der Waals surface area (Å²) in [7, 11) is 0. The predicted molar refractivity (Wildman–Crippen MR) is 251 cm³/mol. The van der Waals surface area contributed by atoms with Crippen molar-refractivity contribution < 1.29 is 0 Å². The molecule has 0 aliphatic heterocycles. The number of hydrogen-bond donors (Lipinski definition) is 0. The summed E-state index contributed by atoms with van der Waals surface area (Å²) in [6.07, 6.45) is 1.83. The van der Waals surface area contributed by atoms with Gasteiger partial charge in [0.05, 0.1) is 39.1 Å². The van der Waals surface area contributed by atoms with Gasteiger partial charge in [0.2, 0.25) is 0 Å². The number of nitrogens with zero attached hydrogens (tertiary/aromatic N) is 4. The van der Waals surface area contributed by atoms with Crippen molar-refractivity contribution in [1.29, 1.82) is 0 Å². The van der Waals surface area contributed by atoms with Crippen LogP contribution in [0, 0.1) is 0 Å². The minimum Gasteiger partial charge on any atom is -0.254 e. The predicted octanol–water partition coefficient (Wildman–Crippen LogP) is 14.6. The first kappa shape index (κ1) is 32.9. The summed E-state index contributed by atoms with van der Waals surface area (Å²) in [6, 6.07) is 67.4. The molecule has 60 heavy (non-hydrogen) atoms. The van der Waals surface area contributed by atoms with Gasteiger partial charge in [0.25, 0.3) is 0 Å². The molecule has 4 aromatic heterocycles. The van der Waals surface area contributed by atoms with Gasteiger partial charge in [-0.2, -0.15) is 0 Å². The van der Waals surface area contributed by atoms with Crippen molar-refractivity contribution in [3.8, 4) is 44.9 Å². The van der Waals surface area contributed by atoms with Crippen molar-refractivity contribution in [3.63, 3.8) is 0 Å². The maximum atomic E-state index is 5.28. The Morgan fingerprint density at radius 3 is 1.48 bits per heavy atom. The molecule has 9 aromatic carbocycles. The van der Waals surface area contributed by atoms with Crippen molar-refractivity contribution in [2.24, 2.45) is 0 Å². The summed E-state index contributed by atoms with van der Waals surface area (Å²) in [4.78, 5) is 20.2. The van der Waals surface area contributed by atoms with Crippen LogP contribution in [0.1, 0.15) is 0 Å². The normalized spacial score (nSPS) is 12.0. The molecule has 4 nitrogen and oxygen atoms in total. The maximum Gasteiger partial charge on any atom is 0.0972 e. The lowest BCUT2D eigenvalue weighted by molar-refractivity contribution is 1.37. The lowest BCUT2D eigenvalue weighted by Crippen LogP contribution is -1.90. The van der Waals surface area contributed by atoms with E-state index in [-0.39, 0.29) is 0 Å². The Hall–Kier alpha value is -8.08. The molecule has 0 saturated heterocycles. The molecule has 0 saturated carbocycles. The quantitative estimate of drug-likeness (QED) is 0.168. The summed E-state index contributed by atoms with van der Waals surface area (Å²) in [5, 5.41) is 14.4. The summed E-state index contributed by atoms with van der Waals surface area (Å²) in [6.45, 7) is 0. The van der Waals surface area contributed by atoms with Crippen LogP contribution in [0.5, 0.6) is 0 Å². The molecule has 0 aliphatic carbocycles. The first-order valence-corrected chi connectivity index (χ1v) is 20.3. The topological polar surface area (TPSA) is 51.6 Å². The highest BCUT2D eigenvalue weighted by atomic mass is 14.8. The molecule has 0 bridgehead atoms. The second-order valence-electron chi connectivity index (χ2n) is 15.9. The minimum absolute atomic E-state index is 0.925. The standard InChI is InChI=1S/C56H32N4/c1-3-35-8-9-37-18-23-46(47-24-19-36(4-1)53(35)54(37)47)50-27-21-34-7-13-43(32-52(34)59-50)42-12-6-33-20-25-48(58-51(33)31-42)44-16-14-41-30-45(17-15-40(41)29-44)49-26-22-39-11-10-38-5-2-28-57-55(38)56(39)60-49/h1-32H. The first-order chi connectivity index (χ1) is 29.7. The van der Waals surface area contributed by atoms with Crippen LogP contribution < -0.4 is 0 Å². The Balaban J connectivity index is 0.834. The molecular formula is C56H32N4. The van der Waals surface area contributed by atoms with Gasteiger partial charge >= 0.3 is 0 Å². The molecule has 13 aromatic rings. The van der Waals surface area contributed by atoms with Crippen molar-refractivity contribution in [3.05, 3.63) is 194 Å². The Labute approximate surface area is 344 Å². The van der Waals surface area contributed by atoms with Gasteiger partial charge in [-0.15, -0.1) is 0 Å². The average molecular weight is 761 g/mol. The van der Waals surface area contributed by atoms with Gasteiger partial charge in [0, 0.05) is 44.4 Å². The van der Waals surface area contributed by atoms with Crippen LogP contribution in [-0.2, 0) is 0 Å². The minimum atomic E-state index is 0.925. The highest BCUT2D eigenvalue weighted by Crippen LogP contribution is 2.40. The molecular weight excluding hydrogens is 729 g/mol. The van der Waals surface area contributed by atoms with E-state index in [1.165, 1.54) is 32.3 Å². The number of fused-ring (bicyclic) bond motifs is 6. The third-order valence-corrected chi connectivity index (χ3v) is 12.4. The monoisotopic (exact) mass is 760 g/mol. The van der Waals surface area contributed by atoms with Gasteiger partial charge < -0.3 is 0 Å². The van der Waals surface area contributed by atoms with Crippen LogP contribution >= 0.6 is 0 Å². The third kappa shape index (κ3) is 5.18. The van der Waals surface area contributed by atoms with Crippen molar-refractivity contribution in [2.75, 3.05) is 0 Å². The smallest absolute Gasteiger partial charge is 0.0972 e. The van der Waals surface area contributed by atoms with Crippen LogP contribution in [-0.4, -0.2) is 19.9 Å². The van der Waals surface area contributed by atoms with E-state index in [1.54, 1.807) is 0 Å². The molecule has 13 rings (SSSR count). The third-order valence-electron chi connectivity index (χ3n) is 12.4. The van der Waals surface area contributed by atoms with E-state index in [2.05, 4.69) is 187 Å².